The van der Waals surface area contributed by atoms with E-state index < -0.39 is 20.0 Å². The summed E-state index contributed by atoms with van der Waals surface area (Å²) in [7, 11) is 1.49. The lowest BCUT2D eigenvalue weighted by Gasteiger charge is -2.27. The van der Waals surface area contributed by atoms with E-state index in [0.29, 0.717) is 17.4 Å². The van der Waals surface area contributed by atoms with E-state index in [4.69, 9.17) is 13.8 Å². The van der Waals surface area contributed by atoms with E-state index in [-0.39, 0.29) is 31.5 Å². The lowest BCUT2D eigenvalue weighted by molar-refractivity contribution is -0.870. The zero-order valence-corrected chi connectivity index (χ0v) is 45.1. The van der Waals surface area contributed by atoms with Gasteiger partial charge < -0.3 is 19.4 Å². The summed E-state index contributed by atoms with van der Waals surface area (Å²) in [6, 6.07) is -0.852. The van der Waals surface area contributed by atoms with Crippen LogP contribution in [0.1, 0.15) is 258 Å². The summed E-state index contributed by atoms with van der Waals surface area (Å²) in [6.45, 7) is 6.98. The number of phosphoric ester groups is 1. The molecule has 66 heavy (non-hydrogen) atoms. The fourth-order valence-corrected chi connectivity index (χ4v) is 8.66. The molecule has 0 spiro atoms. The van der Waals surface area contributed by atoms with Crippen LogP contribution in [-0.2, 0) is 27.9 Å². The Morgan fingerprint density at radius 1 is 0.515 bits per heavy atom. The highest BCUT2D eigenvalue weighted by Gasteiger charge is 2.30. The van der Waals surface area contributed by atoms with Crippen LogP contribution in [0, 0.1) is 0 Å². The zero-order valence-electron chi connectivity index (χ0n) is 44.2. The molecule has 0 heterocycles. The van der Waals surface area contributed by atoms with Gasteiger partial charge in [0.25, 0.3) is 0 Å². The quantitative estimate of drug-likeness (QED) is 0.0205. The Bertz CT molecular complexity index is 1230. The molecule has 0 aromatic rings. The predicted molar refractivity (Wildman–Crippen MR) is 282 cm³/mol. The molecular formula is C56H108N2O7P+. The molecule has 0 aromatic carbocycles. The van der Waals surface area contributed by atoms with Crippen LogP contribution in [0.25, 0.3) is 0 Å². The smallest absolute Gasteiger partial charge is 0.456 e. The molecule has 0 aliphatic rings. The molecule has 0 bridgehead atoms. The molecule has 0 aromatic heterocycles. The van der Waals surface area contributed by atoms with Gasteiger partial charge in [0.2, 0.25) is 5.91 Å². The number of nitrogens with one attached hydrogen (secondary N) is 1. The number of hydrogen-bond donors (Lipinski definition) is 2. The molecule has 0 saturated heterocycles. The highest BCUT2D eigenvalue weighted by atomic mass is 31.2. The Morgan fingerprint density at radius 3 is 1.32 bits per heavy atom. The first kappa shape index (κ1) is 64.2. The average Bonchev–Trinajstić information content (AvgIpc) is 3.27. The van der Waals surface area contributed by atoms with Gasteiger partial charge >= 0.3 is 13.8 Å². The van der Waals surface area contributed by atoms with Crippen molar-refractivity contribution in [1.29, 1.82) is 0 Å². The monoisotopic (exact) mass is 952 g/mol. The van der Waals surface area contributed by atoms with Crippen molar-refractivity contribution in [3.63, 3.8) is 0 Å². The second kappa shape index (κ2) is 46.9. The van der Waals surface area contributed by atoms with Crippen LogP contribution in [0.4, 0.5) is 0 Å². The number of ether oxygens (including phenoxy) is 1. The van der Waals surface area contributed by atoms with E-state index in [2.05, 4.69) is 50.4 Å². The highest BCUT2D eigenvalue weighted by molar-refractivity contribution is 7.47. The van der Waals surface area contributed by atoms with Gasteiger partial charge in [0.15, 0.2) is 0 Å². The number of carbonyl (C=O) groups is 2. The molecule has 10 heteroatoms. The van der Waals surface area contributed by atoms with Gasteiger partial charge in [-0.15, -0.1) is 0 Å². The van der Waals surface area contributed by atoms with Crippen LogP contribution < -0.4 is 5.32 Å². The van der Waals surface area contributed by atoms with Crippen LogP contribution in [0.2, 0.25) is 0 Å². The number of quaternary nitrogens is 1. The molecule has 0 aliphatic heterocycles. The third kappa shape index (κ3) is 47.3. The summed E-state index contributed by atoms with van der Waals surface area (Å²) in [5, 5.41) is 3.04. The maximum Gasteiger partial charge on any atom is 0.472 e. The molecule has 3 unspecified atom stereocenters. The first-order valence-corrected chi connectivity index (χ1v) is 29.3. The second-order valence-electron chi connectivity index (χ2n) is 20.1. The summed E-state index contributed by atoms with van der Waals surface area (Å²) in [4.78, 5) is 37.5. The number of carbonyl (C=O) groups excluding carboxylic acids is 2. The summed E-state index contributed by atoms with van der Waals surface area (Å²) in [5.41, 5.74) is 0. The number of likely N-dealkylation sites (N-methyl/N-ethyl adjacent to an activating group) is 1. The SMILES string of the molecule is CCCCCC/C=C\CCCCCCCCCC(=O)NC(COP(=O)(O)OCC[N+](C)(C)C)C(/C=C/CCCCCCCCCCCC)OC(=O)CCCCC/C=C\CCCCCCCC. The number of nitrogens with zero attached hydrogens (tertiary/aromatic N) is 1. The number of esters is 1. The maximum absolute atomic E-state index is 13.5. The van der Waals surface area contributed by atoms with Gasteiger partial charge in [-0.25, -0.2) is 4.57 Å². The summed E-state index contributed by atoms with van der Waals surface area (Å²) in [5.74, 6) is -0.524. The topological polar surface area (TPSA) is 111 Å². The molecule has 0 rings (SSSR count). The van der Waals surface area contributed by atoms with E-state index in [1.54, 1.807) is 0 Å². The number of hydrogen-bond acceptors (Lipinski definition) is 6. The average molecular weight is 952 g/mol. The van der Waals surface area contributed by atoms with Gasteiger partial charge in [0.05, 0.1) is 33.8 Å². The van der Waals surface area contributed by atoms with Crippen molar-refractivity contribution in [3.8, 4) is 0 Å². The van der Waals surface area contributed by atoms with Crippen LogP contribution in [0.5, 0.6) is 0 Å². The second-order valence-corrected chi connectivity index (χ2v) is 21.6. The van der Waals surface area contributed by atoms with Gasteiger partial charge in [-0.05, 0) is 83.1 Å². The Balaban J connectivity index is 5.40. The minimum Gasteiger partial charge on any atom is -0.456 e. The molecule has 2 N–H and O–H groups in total. The molecule has 9 nitrogen and oxygen atoms in total. The number of phosphoric acid groups is 1. The zero-order chi connectivity index (χ0) is 48.7. The third-order valence-electron chi connectivity index (χ3n) is 12.3. The van der Waals surface area contributed by atoms with Gasteiger partial charge in [-0.1, -0.05) is 199 Å². The number of unbranched alkanes of at least 4 members (excludes halogenated alkanes) is 30. The number of rotatable bonds is 50. The van der Waals surface area contributed by atoms with E-state index in [0.717, 1.165) is 83.5 Å². The van der Waals surface area contributed by atoms with Crippen molar-refractivity contribution in [2.75, 3.05) is 40.9 Å². The van der Waals surface area contributed by atoms with Crippen LogP contribution in [-0.4, -0.2) is 74.3 Å². The summed E-state index contributed by atoms with van der Waals surface area (Å²) >= 11 is 0. The van der Waals surface area contributed by atoms with E-state index in [1.807, 2.05) is 33.3 Å². The van der Waals surface area contributed by atoms with Gasteiger partial charge in [0, 0.05) is 12.8 Å². The van der Waals surface area contributed by atoms with Gasteiger partial charge in [-0.3, -0.25) is 18.6 Å². The first-order valence-electron chi connectivity index (χ1n) is 27.8. The van der Waals surface area contributed by atoms with E-state index in [1.165, 1.54) is 141 Å². The molecule has 0 aliphatic carbocycles. The Morgan fingerprint density at radius 2 is 0.879 bits per heavy atom. The Kier molecular flexibility index (Phi) is 45.7. The molecule has 1 amide bonds. The van der Waals surface area contributed by atoms with Crippen molar-refractivity contribution in [2.45, 2.75) is 270 Å². The van der Waals surface area contributed by atoms with Crippen LogP contribution in [0.15, 0.2) is 36.5 Å². The van der Waals surface area contributed by atoms with Crippen molar-refractivity contribution in [1.82, 2.24) is 5.32 Å². The van der Waals surface area contributed by atoms with Crippen molar-refractivity contribution in [3.05, 3.63) is 36.5 Å². The summed E-state index contributed by atoms with van der Waals surface area (Å²) in [6.07, 6.45) is 54.2. The Labute approximate surface area is 408 Å². The van der Waals surface area contributed by atoms with Crippen molar-refractivity contribution in [2.24, 2.45) is 0 Å². The standard InChI is InChI=1S/C56H107N2O7P/c1-7-10-13-16-19-22-25-28-29-31-33-36-39-42-45-48-55(59)57-53(52-64-66(61,62)63-51-50-58(4,5)6)54(47-44-41-38-35-32-27-24-21-18-15-12-9-3)65-56(60)49-46-43-40-37-34-30-26-23-20-17-14-11-8-2/h22,25,30,34,44,47,53-54H,7-21,23-24,26-29,31-33,35-43,45-46,48-52H2,1-6H3,(H-,57,59,61,62)/p+1/b25-22-,34-30-,47-44+. The number of allylic oxidation sites excluding steroid dienone is 5. The molecule has 0 fully saturated rings. The molecule has 0 saturated carbocycles. The van der Waals surface area contributed by atoms with Gasteiger partial charge in [-0.2, -0.15) is 0 Å². The highest BCUT2D eigenvalue weighted by Crippen LogP contribution is 2.43. The molecule has 388 valence electrons. The third-order valence-corrected chi connectivity index (χ3v) is 13.3. The lowest BCUT2D eigenvalue weighted by Crippen LogP contribution is -2.47. The lowest BCUT2D eigenvalue weighted by atomic mass is 10.0. The number of amides is 1. The fourth-order valence-electron chi connectivity index (χ4n) is 7.93. The van der Waals surface area contributed by atoms with E-state index in [9.17, 15) is 19.0 Å². The molecule has 0 radical (unpaired) electrons. The van der Waals surface area contributed by atoms with Crippen molar-refractivity contribution < 1.29 is 37.3 Å². The van der Waals surface area contributed by atoms with Crippen LogP contribution >= 0.6 is 7.82 Å². The summed E-state index contributed by atoms with van der Waals surface area (Å²) < 4.78 is 30.5. The predicted octanol–water partition coefficient (Wildman–Crippen LogP) is 16.4. The van der Waals surface area contributed by atoms with Crippen LogP contribution in [0.3, 0.4) is 0 Å². The minimum absolute atomic E-state index is 0.0383. The van der Waals surface area contributed by atoms with Crippen molar-refractivity contribution >= 4 is 19.7 Å². The van der Waals surface area contributed by atoms with Gasteiger partial charge in [0.1, 0.15) is 19.3 Å². The maximum atomic E-state index is 13.5. The van der Waals surface area contributed by atoms with E-state index >= 15 is 0 Å². The first-order chi connectivity index (χ1) is 31.9. The largest absolute Gasteiger partial charge is 0.472 e. The minimum atomic E-state index is -4.44. The Hall–Kier alpha value is -1.77. The normalized spacial score (nSPS) is 14.1. The fraction of sp³-hybridized carbons (Fsp3) is 0.857. The molecule has 3 atom stereocenters. The molecular weight excluding hydrogens is 844 g/mol.